The van der Waals surface area contributed by atoms with E-state index >= 15 is 0 Å². The number of benzene rings is 1. The number of amides is 1. The third-order valence-electron chi connectivity index (χ3n) is 1.97. The lowest BCUT2D eigenvalue weighted by Gasteiger charge is -2.13. The molecule has 1 N–H and O–H groups in total. The molecular formula is C11H8Br2F3NO. The summed E-state index contributed by atoms with van der Waals surface area (Å²) in [5.74, 6) is -0.796. The Morgan fingerprint density at radius 2 is 2.00 bits per heavy atom. The summed E-state index contributed by atoms with van der Waals surface area (Å²) in [5.41, 5.74) is -1.39. The van der Waals surface area contributed by atoms with E-state index in [2.05, 4.69) is 43.8 Å². The van der Waals surface area contributed by atoms with E-state index < -0.39 is 23.2 Å². The highest BCUT2D eigenvalue weighted by Gasteiger charge is 2.35. The van der Waals surface area contributed by atoms with Crippen LogP contribution in [0.3, 0.4) is 0 Å². The highest BCUT2D eigenvalue weighted by atomic mass is 79.9. The van der Waals surface area contributed by atoms with Crippen LogP contribution in [0.4, 0.5) is 13.2 Å². The minimum atomic E-state index is -4.58. The lowest BCUT2D eigenvalue weighted by Crippen LogP contribution is -2.27. The molecule has 1 amide bonds. The summed E-state index contributed by atoms with van der Waals surface area (Å²) < 4.78 is 39.0. The molecule has 0 aliphatic heterocycles. The quantitative estimate of drug-likeness (QED) is 0.832. The van der Waals surface area contributed by atoms with Gasteiger partial charge in [-0.2, -0.15) is 13.2 Å². The molecule has 1 rings (SSSR count). The van der Waals surface area contributed by atoms with Crippen molar-refractivity contribution in [1.82, 2.24) is 5.32 Å². The van der Waals surface area contributed by atoms with Crippen molar-refractivity contribution in [3.8, 4) is 0 Å². The van der Waals surface area contributed by atoms with Gasteiger partial charge in [0, 0.05) is 15.5 Å². The van der Waals surface area contributed by atoms with Gasteiger partial charge in [-0.15, -0.1) is 0 Å². The molecule has 1 aromatic rings. The zero-order chi connectivity index (χ0) is 13.9. The van der Waals surface area contributed by atoms with Gasteiger partial charge in [-0.05, 0) is 18.2 Å². The SMILES string of the molecule is C=C(Br)CNC(=O)c1ccc(Br)cc1C(F)(F)F. The van der Waals surface area contributed by atoms with Crippen LogP contribution in [0.1, 0.15) is 15.9 Å². The first-order valence-corrected chi connectivity index (χ1v) is 6.28. The Balaban J connectivity index is 3.08. The van der Waals surface area contributed by atoms with E-state index in [9.17, 15) is 18.0 Å². The average Bonchev–Trinajstić information content (AvgIpc) is 2.24. The Hall–Kier alpha value is -0.820. The number of hydrogen-bond donors (Lipinski definition) is 1. The van der Waals surface area contributed by atoms with Crippen LogP contribution in [0.15, 0.2) is 33.7 Å². The zero-order valence-electron chi connectivity index (χ0n) is 8.94. The highest BCUT2D eigenvalue weighted by molar-refractivity contribution is 9.11. The van der Waals surface area contributed by atoms with E-state index in [1.807, 2.05) is 0 Å². The highest BCUT2D eigenvalue weighted by Crippen LogP contribution is 2.33. The van der Waals surface area contributed by atoms with Gasteiger partial charge in [-0.25, -0.2) is 0 Å². The zero-order valence-corrected chi connectivity index (χ0v) is 12.1. The first-order chi connectivity index (χ1) is 8.21. The minimum absolute atomic E-state index is 0.0617. The van der Waals surface area contributed by atoms with E-state index in [1.54, 1.807) is 0 Å². The smallest absolute Gasteiger partial charge is 0.347 e. The summed E-state index contributed by atoms with van der Waals surface area (Å²) in [6.07, 6.45) is -4.58. The van der Waals surface area contributed by atoms with Gasteiger partial charge in [0.2, 0.25) is 0 Å². The van der Waals surface area contributed by atoms with Crippen molar-refractivity contribution in [3.63, 3.8) is 0 Å². The molecular weight excluding hydrogens is 379 g/mol. The molecule has 0 atom stereocenters. The molecule has 0 aromatic heterocycles. The lowest BCUT2D eigenvalue weighted by atomic mass is 10.1. The molecule has 0 aliphatic rings. The normalized spacial score (nSPS) is 11.2. The second kappa shape index (κ2) is 5.88. The van der Waals surface area contributed by atoms with Crippen LogP contribution >= 0.6 is 31.9 Å². The van der Waals surface area contributed by atoms with Gasteiger partial charge >= 0.3 is 6.18 Å². The molecule has 7 heteroatoms. The van der Waals surface area contributed by atoms with E-state index in [1.165, 1.54) is 6.07 Å². The molecule has 0 fully saturated rings. The minimum Gasteiger partial charge on any atom is -0.347 e. The monoisotopic (exact) mass is 385 g/mol. The van der Waals surface area contributed by atoms with Gasteiger partial charge in [0.25, 0.3) is 5.91 Å². The van der Waals surface area contributed by atoms with E-state index in [0.29, 0.717) is 4.48 Å². The number of rotatable bonds is 3. The van der Waals surface area contributed by atoms with Gasteiger partial charge in [0.1, 0.15) is 0 Å². The lowest BCUT2D eigenvalue weighted by molar-refractivity contribution is -0.138. The van der Waals surface area contributed by atoms with Gasteiger partial charge in [0.15, 0.2) is 0 Å². The predicted octanol–water partition coefficient (Wildman–Crippen LogP) is 4.11. The van der Waals surface area contributed by atoms with Crippen LogP contribution in [0.5, 0.6) is 0 Å². The summed E-state index contributed by atoms with van der Waals surface area (Å²) in [6.45, 7) is 3.54. The Morgan fingerprint density at radius 3 is 2.50 bits per heavy atom. The molecule has 0 radical (unpaired) electrons. The van der Waals surface area contributed by atoms with Crippen molar-refractivity contribution >= 4 is 37.8 Å². The van der Waals surface area contributed by atoms with Crippen LogP contribution in [-0.2, 0) is 6.18 Å². The fourth-order valence-electron chi connectivity index (χ4n) is 1.22. The van der Waals surface area contributed by atoms with Gasteiger partial charge in [-0.3, -0.25) is 4.79 Å². The van der Waals surface area contributed by atoms with Crippen molar-refractivity contribution < 1.29 is 18.0 Å². The second-order valence-corrected chi connectivity index (χ2v) is 5.42. The number of carbonyl (C=O) groups excluding carboxylic acids is 1. The van der Waals surface area contributed by atoms with Crippen molar-refractivity contribution in [2.24, 2.45) is 0 Å². The Morgan fingerprint density at radius 1 is 1.39 bits per heavy atom. The molecule has 98 valence electrons. The Labute approximate surface area is 119 Å². The molecule has 0 saturated carbocycles. The fourth-order valence-corrected chi connectivity index (χ4v) is 1.72. The molecule has 18 heavy (non-hydrogen) atoms. The summed E-state index contributed by atoms with van der Waals surface area (Å²) in [6, 6.07) is 3.38. The fraction of sp³-hybridized carbons (Fsp3) is 0.182. The third kappa shape index (κ3) is 4.13. The molecule has 0 heterocycles. The predicted molar refractivity (Wildman–Crippen MR) is 69.5 cm³/mol. The van der Waals surface area contributed by atoms with Crippen LogP contribution in [0.25, 0.3) is 0 Å². The molecule has 2 nitrogen and oxygen atoms in total. The van der Waals surface area contributed by atoms with E-state index in [-0.39, 0.29) is 11.0 Å². The van der Waals surface area contributed by atoms with Crippen LogP contribution in [0.2, 0.25) is 0 Å². The second-order valence-electron chi connectivity index (χ2n) is 3.39. The summed E-state index contributed by atoms with van der Waals surface area (Å²) in [4.78, 5) is 11.6. The van der Waals surface area contributed by atoms with Gasteiger partial charge < -0.3 is 5.32 Å². The van der Waals surface area contributed by atoms with Crippen molar-refractivity contribution in [1.29, 1.82) is 0 Å². The topological polar surface area (TPSA) is 29.1 Å². The summed E-state index contributed by atoms with van der Waals surface area (Å²) in [7, 11) is 0. The number of carbonyl (C=O) groups is 1. The summed E-state index contributed by atoms with van der Waals surface area (Å²) >= 11 is 5.95. The molecule has 0 saturated heterocycles. The number of nitrogens with one attached hydrogen (secondary N) is 1. The molecule has 0 bridgehead atoms. The Kier molecular flexibility index (Phi) is 4.98. The van der Waals surface area contributed by atoms with E-state index in [0.717, 1.165) is 12.1 Å². The third-order valence-corrected chi connectivity index (χ3v) is 2.75. The maximum absolute atomic E-state index is 12.8. The summed E-state index contributed by atoms with van der Waals surface area (Å²) in [5, 5.41) is 2.33. The van der Waals surface area contributed by atoms with Crippen molar-refractivity contribution in [2.45, 2.75) is 6.18 Å². The average molecular weight is 387 g/mol. The van der Waals surface area contributed by atoms with Crippen molar-refractivity contribution in [2.75, 3.05) is 6.54 Å². The Bertz CT molecular complexity index is 486. The standard InChI is InChI=1S/C11H8Br2F3NO/c1-6(12)5-17-10(18)8-3-2-7(13)4-9(8)11(14,15)16/h2-4H,1,5H2,(H,17,18). The largest absolute Gasteiger partial charge is 0.417 e. The van der Waals surface area contributed by atoms with Gasteiger partial charge in [0.05, 0.1) is 11.1 Å². The van der Waals surface area contributed by atoms with Crippen LogP contribution < -0.4 is 5.32 Å². The molecule has 0 spiro atoms. The molecule has 0 unspecified atom stereocenters. The number of alkyl halides is 3. The van der Waals surface area contributed by atoms with E-state index in [4.69, 9.17) is 0 Å². The first-order valence-electron chi connectivity index (χ1n) is 4.70. The number of halogens is 5. The van der Waals surface area contributed by atoms with Crippen molar-refractivity contribution in [3.05, 3.63) is 44.9 Å². The van der Waals surface area contributed by atoms with Crippen LogP contribution in [0, 0.1) is 0 Å². The van der Waals surface area contributed by atoms with Gasteiger partial charge in [-0.1, -0.05) is 38.4 Å². The van der Waals surface area contributed by atoms with Crippen LogP contribution in [-0.4, -0.2) is 12.5 Å². The molecule has 0 aliphatic carbocycles. The molecule has 1 aromatic carbocycles. The maximum Gasteiger partial charge on any atom is 0.417 e. The first kappa shape index (κ1) is 15.2. The maximum atomic E-state index is 12.8. The number of hydrogen-bond acceptors (Lipinski definition) is 1.